The maximum Gasteiger partial charge on any atom is 0.296 e. The van der Waals surface area contributed by atoms with E-state index < -0.39 is 0 Å². The summed E-state index contributed by atoms with van der Waals surface area (Å²) in [5.74, 6) is 0. The van der Waals surface area contributed by atoms with Gasteiger partial charge in [-0.25, -0.2) is 0 Å². The summed E-state index contributed by atoms with van der Waals surface area (Å²) in [5.41, 5.74) is 12.9. The monoisotopic (exact) mass is 482 g/mol. The van der Waals surface area contributed by atoms with E-state index in [1.54, 1.807) is 0 Å². The molecule has 0 fully saturated rings. The largest absolute Gasteiger partial charge is 0.464 e. The molecule has 8 nitrogen and oxygen atoms in total. The van der Waals surface area contributed by atoms with Gasteiger partial charge in [-0.2, -0.15) is 0 Å². The van der Waals surface area contributed by atoms with Crippen LogP contribution in [0.15, 0.2) is 48.5 Å². The van der Waals surface area contributed by atoms with Crippen molar-refractivity contribution in [2.45, 2.75) is 13.2 Å². The zero-order valence-electron chi connectivity index (χ0n) is 15.4. The second-order valence-electron chi connectivity index (χ2n) is 5.64. The minimum atomic E-state index is 0.404. The summed E-state index contributed by atoms with van der Waals surface area (Å²) >= 11 is 13.9. The molecule has 0 saturated carbocycles. The van der Waals surface area contributed by atoms with Gasteiger partial charge in [0.25, 0.3) is 10.4 Å². The van der Waals surface area contributed by atoms with Crippen molar-refractivity contribution in [3.05, 3.63) is 69.7 Å². The van der Waals surface area contributed by atoms with Crippen LogP contribution in [0.3, 0.4) is 0 Å². The quantitative estimate of drug-likeness (QED) is 0.405. The van der Waals surface area contributed by atoms with Crippen LogP contribution in [0.5, 0.6) is 10.4 Å². The number of aromatic nitrogens is 4. The molecule has 0 amide bonds. The van der Waals surface area contributed by atoms with E-state index in [4.69, 9.17) is 44.1 Å². The Morgan fingerprint density at radius 3 is 1.30 bits per heavy atom. The fraction of sp³-hybridized carbons (Fsp3) is 0.111. The number of hydrogen-bond donors (Lipinski definition) is 2. The third-order valence-corrected chi connectivity index (χ3v) is 5.23. The molecule has 4 rings (SSSR count). The summed E-state index contributed by atoms with van der Waals surface area (Å²) < 4.78 is 10.7. The molecule has 0 aliphatic rings. The van der Waals surface area contributed by atoms with Gasteiger partial charge in [-0.15, -0.1) is 10.2 Å². The first-order chi connectivity index (χ1) is 14.5. The average molecular weight is 483 g/mol. The molecule has 156 valence electrons. The molecule has 2 heterocycles. The number of hydrogen-bond acceptors (Lipinski definition) is 10. The molecular weight excluding hydrogens is 467 g/mol. The number of halogens is 2. The highest BCUT2D eigenvalue weighted by Crippen LogP contribution is 2.21. The van der Waals surface area contributed by atoms with Crippen LogP contribution in [-0.4, -0.2) is 20.4 Å². The number of nitrogen functional groups attached to an aromatic ring is 2. The van der Waals surface area contributed by atoms with Crippen LogP contribution >= 0.6 is 45.9 Å². The standard InChI is InChI=1S/2C9H8ClN3OS/c2*10-7-3-1-6(2-4-7)5-14-9-13-12-8(11)15-9/h2*1-4H,5H2,(H2,11,12). The zero-order valence-corrected chi connectivity index (χ0v) is 18.5. The highest BCUT2D eigenvalue weighted by atomic mass is 35.5. The Labute approximate surface area is 190 Å². The van der Waals surface area contributed by atoms with Crippen molar-refractivity contribution in [1.29, 1.82) is 0 Å². The Bertz CT molecular complexity index is 971. The molecule has 0 atom stereocenters. The Morgan fingerprint density at radius 1 is 0.633 bits per heavy atom. The van der Waals surface area contributed by atoms with Gasteiger partial charge >= 0.3 is 0 Å². The smallest absolute Gasteiger partial charge is 0.296 e. The summed E-state index contributed by atoms with van der Waals surface area (Å²) in [7, 11) is 0. The van der Waals surface area contributed by atoms with Gasteiger partial charge in [-0.05, 0) is 58.1 Å². The summed E-state index contributed by atoms with van der Waals surface area (Å²) in [5, 5.41) is 17.9. The first-order valence-corrected chi connectivity index (χ1v) is 10.8. The van der Waals surface area contributed by atoms with Crippen LogP contribution in [-0.2, 0) is 13.2 Å². The lowest BCUT2D eigenvalue weighted by molar-refractivity contribution is 0.302. The van der Waals surface area contributed by atoms with Crippen molar-refractivity contribution in [2.75, 3.05) is 11.5 Å². The predicted octanol–water partition coefficient (Wildman–Crippen LogP) is 4.71. The maximum absolute atomic E-state index is 5.75. The molecule has 4 N–H and O–H groups in total. The minimum Gasteiger partial charge on any atom is -0.464 e. The highest BCUT2D eigenvalue weighted by molar-refractivity contribution is 7.17. The molecule has 0 aliphatic carbocycles. The van der Waals surface area contributed by atoms with Gasteiger partial charge in [0.15, 0.2) is 0 Å². The lowest BCUT2D eigenvalue weighted by atomic mass is 10.2. The van der Waals surface area contributed by atoms with Crippen molar-refractivity contribution in [3.8, 4) is 10.4 Å². The molecule has 0 bridgehead atoms. The van der Waals surface area contributed by atoms with Gasteiger partial charge in [0.2, 0.25) is 10.3 Å². The van der Waals surface area contributed by atoms with Crippen LogP contribution < -0.4 is 20.9 Å². The van der Waals surface area contributed by atoms with Crippen molar-refractivity contribution in [2.24, 2.45) is 0 Å². The molecule has 0 radical (unpaired) electrons. The third-order valence-electron chi connectivity index (χ3n) is 3.40. The molecule has 4 aromatic rings. The molecular formula is C18H16Cl2N6O2S2. The molecule has 12 heteroatoms. The van der Waals surface area contributed by atoms with Gasteiger partial charge in [0.1, 0.15) is 13.2 Å². The fourth-order valence-corrected chi connectivity index (χ4v) is 3.18. The minimum absolute atomic E-state index is 0.404. The molecule has 0 spiro atoms. The second kappa shape index (κ2) is 10.9. The van der Waals surface area contributed by atoms with Crippen molar-refractivity contribution in [3.63, 3.8) is 0 Å². The maximum atomic E-state index is 5.75. The van der Waals surface area contributed by atoms with Gasteiger partial charge in [-0.3, -0.25) is 0 Å². The Hall–Kier alpha value is -2.66. The Morgan fingerprint density at radius 2 is 1.00 bits per heavy atom. The van der Waals surface area contributed by atoms with Gasteiger partial charge in [0.05, 0.1) is 0 Å². The van der Waals surface area contributed by atoms with Crippen LogP contribution in [0.4, 0.5) is 10.3 Å². The van der Waals surface area contributed by atoms with Gasteiger partial charge in [-0.1, -0.05) is 57.7 Å². The molecule has 2 aromatic carbocycles. The van der Waals surface area contributed by atoms with Crippen LogP contribution in [0.2, 0.25) is 10.0 Å². The highest BCUT2D eigenvalue weighted by Gasteiger charge is 2.03. The van der Waals surface area contributed by atoms with Crippen LogP contribution in [0.1, 0.15) is 11.1 Å². The van der Waals surface area contributed by atoms with Gasteiger partial charge in [0, 0.05) is 10.0 Å². The molecule has 2 aromatic heterocycles. The SMILES string of the molecule is Nc1nnc(OCc2ccc(Cl)cc2)s1.Nc1nnc(OCc2ccc(Cl)cc2)s1. The summed E-state index contributed by atoms with van der Waals surface area (Å²) in [6.07, 6.45) is 0. The van der Waals surface area contributed by atoms with E-state index in [0.717, 1.165) is 11.1 Å². The number of nitrogens with zero attached hydrogens (tertiary/aromatic N) is 4. The normalized spacial score (nSPS) is 10.2. The Balaban J connectivity index is 0.000000171. The second-order valence-corrected chi connectivity index (χ2v) is 8.46. The van der Waals surface area contributed by atoms with E-state index >= 15 is 0 Å². The number of nitrogens with two attached hydrogens (primary N) is 2. The topological polar surface area (TPSA) is 122 Å². The summed E-state index contributed by atoms with van der Waals surface area (Å²) in [6.45, 7) is 0.873. The van der Waals surface area contributed by atoms with E-state index in [0.29, 0.717) is 43.9 Å². The van der Waals surface area contributed by atoms with Crippen molar-refractivity contribution >= 4 is 56.1 Å². The molecule has 0 aliphatic heterocycles. The predicted molar refractivity (Wildman–Crippen MR) is 120 cm³/mol. The van der Waals surface area contributed by atoms with E-state index in [2.05, 4.69) is 20.4 Å². The van der Waals surface area contributed by atoms with E-state index in [-0.39, 0.29) is 0 Å². The molecule has 30 heavy (non-hydrogen) atoms. The number of benzene rings is 2. The van der Waals surface area contributed by atoms with Crippen molar-refractivity contribution < 1.29 is 9.47 Å². The number of ether oxygens (including phenoxy) is 2. The molecule has 0 saturated heterocycles. The summed E-state index contributed by atoms with van der Waals surface area (Å²) in [6, 6.07) is 14.8. The lowest BCUT2D eigenvalue weighted by Crippen LogP contribution is -1.94. The fourth-order valence-electron chi connectivity index (χ4n) is 2.01. The van der Waals surface area contributed by atoms with Crippen molar-refractivity contribution in [1.82, 2.24) is 20.4 Å². The van der Waals surface area contributed by atoms with E-state index in [1.165, 1.54) is 22.7 Å². The molecule has 0 unspecified atom stereocenters. The zero-order chi connectivity index (χ0) is 21.3. The third kappa shape index (κ3) is 7.30. The Kier molecular flexibility index (Phi) is 8.03. The first kappa shape index (κ1) is 22.0. The number of anilines is 2. The average Bonchev–Trinajstić information content (AvgIpc) is 3.35. The first-order valence-electron chi connectivity index (χ1n) is 8.40. The van der Waals surface area contributed by atoms with E-state index in [1.807, 2.05) is 48.5 Å². The van der Waals surface area contributed by atoms with E-state index in [9.17, 15) is 0 Å². The summed E-state index contributed by atoms with van der Waals surface area (Å²) in [4.78, 5) is 0. The van der Waals surface area contributed by atoms with Gasteiger partial charge < -0.3 is 20.9 Å². The van der Waals surface area contributed by atoms with Crippen LogP contribution in [0.25, 0.3) is 0 Å². The lowest BCUT2D eigenvalue weighted by Gasteiger charge is -2.01. The van der Waals surface area contributed by atoms with Crippen LogP contribution in [0, 0.1) is 0 Å². The number of rotatable bonds is 6.